The van der Waals surface area contributed by atoms with E-state index in [1.54, 1.807) is 0 Å². The third-order valence-electron chi connectivity index (χ3n) is 2.91. The number of aryl methyl sites for hydroxylation is 1. The molecule has 96 valence electrons. The molecule has 18 heavy (non-hydrogen) atoms. The second-order valence-electron chi connectivity index (χ2n) is 4.66. The van der Waals surface area contributed by atoms with Crippen molar-refractivity contribution in [2.75, 3.05) is 0 Å². The van der Waals surface area contributed by atoms with Gasteiger partial charge in [-0.1, -0.05) is 44.2 Å². The van der Waals surface area contributed by atoms with Gasteiger partial charge in [-0.25, -0.2) is 4.68 Å². The lowest BCUT2D eigenvalue weighted by atomic mass is 10.1. The average Bonchev–Trinajstić information content (AvgIpc) is 2.84. The lowest BCUT2D eigenvalue weighted by molar-refractivity contribution is 0.570. The number of aromatic nitrogens is 3. The molecule has 1 aromatic heterocycles. The van der Waals surface area contributed by atoms with E-state index in [9.17, 15) is 0 Å². The van der Waals surface area contributed by atoms with E-state index in [1.807, 2.05) is 16.9 Å². The van der Waals surface area contributed by atoms with Crippen molar-refractivity contribution in [3.8, 4) is 5.69 Å². The maximum atomic E-state index is 4.20. The van der Waals surface area contributed by atoms with Crippen LogP contribution in [0.4, 0.5) is 0 Å². The summed E-state index contributed by atoms with van der Waals surface area (Å²) in [5.74, 6) is 0. The highest BCUT2D eigenvalue weighted by Crippen LogP contribution is 2.15. The standard InChI is InChI=1S/C14H20N4/c1-4-12-7-5-6-8-14(12)18-13(10-16-17-18)9-15-11(2)3/h5-8,10-11,15H,4,9H2,1-3H3. The topological polar surface area (TPSA) is 42.7 Å². The zero-order valence-electron chi connectivity index (χ0n) is 11.2. The molecular formula is C14H20N4. The lowest BCUT2D eigenvalue weighted by Gasteiger charge is -2.12. The molecule has 4 heteroatoms. The first-order valence-corrected chi connectivity index (χ1v) is 6.43. The molecule has 0 amide bonds. The first-order chi connectivity index (χ1) is 8.72. The third kappa shape index (κ3) is 2.76. The Morgan fingerprint density at radius 1 is 1.28 bits per heavy atom. The summed E-state index contributed by atoms with van der Waals surface area (Å²) in [6, 6.07) is 8.78. The van der Waals surface area contributed by atoms with Crippen LogP contribution in [-0.2, 0) is 13.0 Å². The second-order valence-corrected chi connectivity index (χ2v) is 4.66. The summed E-state index contributed by atoms with van der Waals surface area (Å²) in [5.41, 5.74) is 3.50. The Bertz CT molecular complexity index is 502. The van der Waals surface area contributed by atoms with Crippen LogP contribution >= 0.6 is 0 Å². The Morgan fingerprint density at radius 2 is 2.06 bits per heavy atom. The van der Waals surface area contributed by atoms with Gasteiger partial charge in [-0.05, 0) is 18.1 Å². The second kappa shape index (κ2) is 5.78. The van der Waals surface area contributed by atoms with Crippen molar-refractivity contribution >= 4 is 0 Å². The van der Waals surface area contributed by atoms with E-state index < -0.39 is 0 Å². The summed E-state index contributed by atoms with van der Waals surface area (Å²) in [7, 11) is 0. The van der Waals surface area contributed by atoms with Crippen LogP contribution in [0, 0.1) is 0 Å². The fourth-order valence-corrected chi connectivity index (χ4v) is 1.90. The highest BCUT2D eigenvalue weighted by molar-refractivity contribution is 5.41. The number of hydrogen-bond donors (Lipinski definition) is 1. The van der Waals surface area contributed by atoms with E-state index in [1.165, 1.54) is 5.56 Å². The summed E-state index contributed by atoms with van der Waals surface area (Å²) in [5, 5.41) is 11.6. The Morgan fingerprint density at radius 3 is 2.78 bits per heavy atom. The van der Waals surface area contributed by atoms with E-state index >= 15 is 0 Å². The maximum absolute atomic E-state index is 4.20. The van der Waals surface area contributed by atoms with Crippen molar-refractivity contribution in [3.63, 3.8) is 0 Å². The largest absolute Gasteiger partial charge is 0.309 e. The maximum Gasteiger partial charge on any atom is 0.0783 e. The molecule has 0 saturated carbocycles. The number of nitrogens with zero attached hydrogens (tertiary/aromatic N) is 3. The summed E-state index contributed by atoms with van der Waals surface area (Å²) in [6.07, 6.45) is 2.81. The fourth-order valence-electron chi connectivity index (χ4n) is 1.90. The number of nitrogens with one attached hydrogen (secondary N) is 1. The molecule has 0 atom stereocenters. The van der Waals surface area contributed by atoms with Crippen LogP contribution in [0.1, 0.15) is 32.0 Å². The minimum atomic E-state index is 0.453. The summed E-state index contributed by atoms with van der Waals surface area (Å²) < 4.78 is 1.92. The van der Waals surface area contributed by atoms with Crippen LogP contribution < -0.4 is 5.32 Å². The molecule has 0 bridgehead atoms. The van der Waals surface area contributed by atoms with Crippen LogP contribution in [0.5, 0.6) is 0 Å². The number of hydrogen-bond acceptors (Lipinski definition) is 3. The van der Waals surface area contributed by atoms with Crippen molar-refractivity contribution in [2.24, 2.45) is 0 Å². The molecule has 0 unspecified atom stereocenters. The molecule has 2 rings (SSSR count). The quantitative estimate of drug-likeness (QED) is 0.877. The highest BCUT2D eigenvalue weighted by atomic mass is 15.4. The predicted octanol–water partition coefficient (Wildman–Crippen LogP) is 2.33. The van der Waals surface area contributed by atoms with Crippen molar-refractivity contribution in [3.05, 3.63) is 41.7 Å². The van der Waals surface area contributed by atoms with E-state index in [-0.39, 0.29) is 0 Å². The van der Waals surface area contributed by atoms with Crippen LogP contribution in [0.25, 0.3) is 5.69 Å². The molecule has 1 N–H and O–H groups in total. The van der Waals surface area contributed by atoms with Gasteiger partial charge in [0.05, 0.1) is 17.6 Å². The van der Waals surface area contributed by atoms with Gasteiger partial charge in [0.2, 0.25) is 0 Å². The van der Waals surface area contributed by atoms with Crippen LogP contribution in [-0.4, -0.2) is 21.0 Å². The summed E-state index contributed by atoms with van der Waals surface area (Å²) in [6.45, 7) is 7.20. The smallest absolute Gasteiger partial charge is 0.0783 e. The van der Waals surface area contributed by atoms with E-state index in [0.717, 1.165) is 24.3 Å². The van der Waals surface area contributed by atoms with Crippen LogP contribution in [0.15, 0.2) is 30.5 Å². The highest BCUT2D eigenvalue weighted by Gasteiger charge is 2.09. The van der Waals surface area contributed by atoms with E-state index in [2.05, 4.69) is 54.6 Å². The SMILES string of the molecule is CCc1ccccc1-n1nncc1CNC(C)C. The molecule has 0 aliphatic heterocycles. The molecule has 0 radical (unpaired) electrons. The van der Waals surface area contributed by atoms with Gasteiger partial charge in [0.1, 0.15) is 0 Å². The fraction of sp³-hybridized carbons (Fsp3) is 0.429. The Hall–Kier alpha value is -1.68. The Balaban J connectivity index is 2.30. The van der Waals surface area contributed by atoms with Crippen LogP contribution in [0.3, 0.4) is 0 Å². The van der Waals surface area contributed by atoms with E-state index in [4.69, 9.17) is 0 Å². The molecule has 1 heterocycles. The number of benzene rings is 1. The van der Waals surface area contributed by atoms with Gasteiger partial charge >= 0.3 is 0 Å². The van der Waals surface area contributed by atoms with Crippen molar-refractivity contribution in [1.29, 1.82) is 0 Å². The normalized spacial score (nSPS) is 11.1. The van der Waals surface area contributed by atoms with Crippen molar-refractivity contribution in [1.82, 2.24) is 20.3 Å². The lowest BCUT2D eigenvalue weighted by Crippen LogP contribution is -2.23. The minimum Gasteiger partial charge on any atom is -0.309 e. The monoisotopic (exact) mass is 244 g/mol. The third-order valence-corrected chi connectivity index (χ3v) is 2.91. The molecule has 2 aromatic rings. The number of para-hydroxylation sites is 1. The summed E-state index contributed by atoms with van der Waals surface area (Å²) in [4.78, 5) is 0. The zero-order valence-corrected chi connectivity index (χ0v) is 11.2. The first-order valence-electron chi connectivity index (χ1n) is 6.43. The van der Waals surface area contributed by atoms with Crippen molar-refractivity contribution in [2.45, 2.75) is 39.8 Å². The molecule has 1 aromatic carbocycles. The molecular weight excluding hydrogens is 224 g/mol. The van der Waals surface area contributed by atoms with Gasteiger partial charge in [0.25, 0.3) is 0 Å². The van der Waals surface area contributed by atoms with Gasteiger partial charge in [0, 0.05) is 12.6 Å². The molecule has 4 nitrogen and oxygen atoms in total. The Labute approximate surface area is 108 Å². The zero-order chi connectivity index (χ0) is 13.0. The molecule has 0 aliphatic carbocycles. The molecule has 0 fully saturated rings. The van der Waals surface area contributed by atoms with Gasteiger partial charge in [-0.2, -0.15) is 0 Å². The number of rotatable bonds is 5. The van der Waals surface area contributed by atoms with Crippen molar-refractivity contribution < 1.29 is 0 Å². The average molecular weight is 244 g/mol. The molecule has 0 spiro atoms. The van der Waals surface area contributed by atoms with Gasteiger partial charge in [-0.3, -0.25) is 0 Å². The Kier molecular flexibility index (Phi) is 4.10. The predicted molar refractivity (Wildman–Crippen MR) is 72.7 cm³/mol. The van der Waals surface area contributed by atoms with Crippen LogP contribution in [0.2, 0.25) is 0 Å². The molecule has 0 aliphatic rings. The first kappa shape index (κ1) is 12.8. The van der Waals surface area contributed by atoms with Gasteiger partial charge in [0.15, 0.2) is 0 Å². The van der Waals surface area contributed by atoms with Gasteiger partial charge < -0.3 is 5.32 Å². The van der Waals surface area contributed by atoms with E-state index in [0.29, 0.717) is 6.04 Å². The minimum absolute atomic E-state index is 0.453. The summed E-state index contributed by atoms with van der Waals surface area (Å²) >= 11 is 0. The van der Waals surface area contributed by atoms with Gasteiger partial charge in [-0.15, -0.1) is 5.10 Å². The molecule has 0 saturated heterocycles.